The molecule has 1 aromatic carbocycles. The van der Waals surface area contributed by atoms with Gasteiger partial charge in [0.15, 0.2) is 0 Å². The molecule has 1 radical (unpaired) electrons. The minimum Gasteiger partial charge on any atom is -0.0840 e. The Kier molecular flexibility index (Phi) is 1.87. The molecule has 0 nitrogen and oxygen atoms in total. The highest BCUT2D eigenvalue weighted by Crippen LogP contribution is 2.35. The summed E-state index contributed by atoms with van der Waals surface area (Å²) in [6.45, 7) is 0. The molecule has 0 aliphatic heterocycles. The average molecular weight is 166 g/mol. The van der Waals surface area contributed by atoms with Gasteiger partial charge in [-0.3, -0.25) is 0 Å². The number of hydrogen-bond donors (Lipinski definition) is 0. The number of hydrogen-bond acceptors (Lipinski definition) is 0. The molecule has 57 valence electrons. The lowest BCUT2D eigenvalue weighted by Gasteiger charge is -1.99. The summed E-state index contributed by atoms with van der Waals surface area (Å²) in [5.74, 6) is 0.801. The highest BCUT2D eigenvalue weighted by atomic mass is 35.5. The third-order valence-electron chi connectivity index (χ3n) is 1.94. The highest BCUT2D eigenvalue weighted by Gasteiger charge is 2.22. The second-order valence-corrected chi connectivity index (χ2v) is 3.43. The molecule has 1 saturated carbocycles. The predicted molar refractivity (Wildman–Crippen MR) is 47.6 cm³/mol. The zero-order valence-corrected chi connectivity index (χ0v) is 7.01. The van der Waals surface area contributed by atoms with Crippen LogP contribution in [0, 0.1) is 12.3 Å². The van der Waals surface area contributed by atoms with Crippen LogP contribution in [0.2, 0.25) is 5.02 Å². The minimum absolute atomic E-state index is 0.801. The van der Waals surface area contributed by atoms with Gasteiger partial charge in [0.25, 0.3) is 0 Å². The molecule has 0 atom stereocenters. The van der Waals surface area contributed by atoms with E-state index in [2.05, 4.69) is 12.5 Å². The molecule has 1 aliphatic rings. The Bertz CT molecular complexity index is 251. The van der Waals surface area contributed by atoms with Crippen molar-refractivity contribution in [2.75, 3.05) is 0 Å². The van der Waals surface area contributed by atoms with Crippen LogP contribution in [0.3, 0.4) is 0 Å². The second-order valence-electron chi connectivity index (χ2n) is 3.03. The molecular formula is C10H10Cl. The number of halogens is 1. The van der Waals surface area contributed by atoms with Crippen molar-refractivity contribution in [1.29, 1.82) is 0 Å². The summed E-state index contributed by atoms with van der Waals surface area (Å²) in [6, 6.07) is 8.00. The summed E-state index contributed by atoms with van der Waals surface area (Å²) in [5.41, 5.74) is 1.19. The van der Waals surface area contributed by atoms with Crippen molar-refractivity contribution < 1.29 is 0 Å². The molecule has 2 rings (SSSR count). The van der Waals surface area contributed by atoms with Crippen LogP contribution in [0.4, 0.5) is 0 Å². The first-order valence-electron chi connectivity index (χ1n) is 3.95. The molecule has 0 amide bonds. The second kappa shape index (κ2) is 2.86. The van der Waals surface area contributed by atoms with Gasteiger partial charge in [0.1, 0.15) is 0 Å². The minimum atomic E-state index is 0.801. The van der Waals surface area contributed by atoms with Crippen LogP contribution in [-0.4, -0.2) is 0 Å². The monoisotopic (exact) mass is 165 g/mol. The van der Waals surface area contributed by atoms with Gasteiger partial charge in [0, 0.05) is 5.02 Å². The predicted octanol–water partition coefficient (Wildman–Crippen LogP) is 3.30. The summed E-state index contributed by atoms with van der Waals surface area (Å²) >= 11 is 5.96. The van der Waals surface area contributed by atoms with Crippen LogP contribution < -0.4 is 0 Å². The zero-order valence-electron chi connectivity index (χ0n) is 6.26. The van der Waals surface area contributed by atoms with Crippen LogP contribution in [0.5, 0.6) is 0 Å². The van der Waals surface area contributed by atoms with Crippen LogP contribution in [0.1, 0.15) is 18.4 Å². The molecule has 0 aromatic heterocycles. The molecule has 1 fully saturated rings. The molecule has 0 bridgehead atoms. The number of benzene rings is 1. The number of rotatable bonds is 2. The van der Waals surface area contributed by atoms with E-state index in [0.29, 0.717) is 0 Å². The Balaban J connectivity index is 2.15. The van der Waals surface area contributed by atoms with E-state index in [4.69, 9.17) is 11.6 Å². The van der Waals surface area contributed by atoms with Crippen LogP contribution in [0.15, 0.2) is 24.3 Å². The van der Waals surface area contributed by atoms with Gasteiger partial charge in [-0.25, -0.2) is 0 Å². The Labute approximate surface area is 72.2 Å². The van der Waals surface area contributed by atoms with E-state index in [9.17, 15) is 0 Å². The van der Waals surface area contributed by atoms with E-state index >= 15 is 0 Å². The smallest absolute Gasteiger partial charge is 0.0441 e. The van der Waals surface area contributed by atoms with Crippen molar-refractivity contribution in [3.05, 3.63) is 41.3 Å². The molecule has 11 heavy (non-hydrogen) atoms. The third kappa shape index (κ3) is 1.75. The molecule has 0 N–H and O–H groups in total. The standard InChI is InChI=1S/C10H10Cl/c11-10-4-2-1-3-9(10)7-8-5-6-8/h1-4,7-8H,5-6H2. The average Bonchev–Trinajstić information content (AvgIpc) is 2.78. The zero-order chi connectivity index (χ0) is 7.68. The molecule has 1 aliphatic carbocycles. The van der Waals surface area contributed by atoms with Crippen molar-refractivity contribution in [2.45, 2.75) is 12.8 Å². The van der Waals surface area contributed by atoms with Gasteiger partial charge in [-0.15, -0.1) is 0 Å². The lowest BCUT2D eigenvalue weighted by molar-refractivity contribution is 1.03. The Morgan fingerprint density at radius 1 is 1.27 bits per heavy atom. The van der Waals surface area contributed by atoms with Gasteiger partial charge in [-0.05, 0) is 36.8 Å². The lowest BCUT2D eigenvalue weighted by Crippen LogP contribution is -1.83. The molecule has 0 heterocycles. The van der Waals surface area contributed by atoms with Gasteiger partial charge in [-0.1, -0.05) is 29.8 Å². The highest BCUT2D eigenvalue weighted by molar-refractivity contribution is 6.31. The van der Waals surface area contributed by atoms with Gasteiger partial charge < -0.3 is 0 Å². The van der Waals surface area contributed by atoms with Gasteiger partial charge in [0.05, 0.1) is 0 Å². The maximum Gasteiger partial charge on any atom is 0.0441 e. The molecular weight excluding hydrogens is 156 g/mol. The van der Waals surface area contributed by atoms with E-state index in [1.54, 1.807) is 0 Å². The fourth-order valence-electron chi connectivity index (χ4n) is 1.13. The van der Waals surface area contributed by atoms with Crippen molar-refractivity contribution in [3.63, 3.8) is 0 Å². The van der Waals surface area contributed by atoms with Crippen molar-refractivity contribution in [2.24, 2.45) is 5.92 Å². The van der Waals surface area contributed by atoms with Crippen molar-refractivity contribution >= 4 is 11.6 Å². The van der Waals surface area contributed by atoms with Crippen LogP contribution >= 0.6 is 11.6 Å². The van der Waals surface area contributed by atoms with E-state index in [-0.39, 0.29) is 0 Å². The first-order valence-corrected chi connectivity index (χ1v) is 4.33. The largest absolute Gasteiger partial charge is 0.0840 e. The van der Waals surface area contributed by atoms with E-state index < -0.39 is 0 Å². The molecule has 1 heteroatoms. The third-order valence-corrected chi connectivity index (χ3v) is 2.29. The Hall–Kier alpha value is -0.490. The SMILES string of the molecule is Clc1ccccc1[CH]C1CC1. The summed E-state index contributed by atoms with van der Waals surface area (Å²) in [4.78, 5) is 0. The lowest BCUT2D eigenvalue weighted by atomic mass is 10.1. The van der Waals surface area contributed by atoms with Crippen molar-refractivity contribution in [3.8, 4) is 0 Å². The summed E-state index contributed by atoms with van der Waals surface area (Å²) in [5, 5.41) is 0.874. The molecule has 1 aromatic rings. The molecule has 0 saturated heterocycles. The van der Waals surface area contributed by atoms with Crippen molar-refractivity contribution in [1.82, 2.24) is 0 Å². The first-order chi connectivity index (χ1) is 5.36. The summed E-state index contributed by atoms with van der Waals surface area (Å²) < 4.78 is 0. The normalized spacial score (nSPS) is 16.8. The van der Waals surface area contributed by atoms with Crippen LogP contribution in [-0.2, 0) is 0 Å². The molecule has 0 spiro atoms. The molecule has 0 unspecified atom stereocenters. The fraction of sp³-hybridized carbons (Fsp3) is 0.300. The van der Waals surface area contributed by atoms with E-state index in [1.165, 1.54) is 18.4 Å². The van der Waals surface area contributed by atoms with E-state index in [0.717, 1.165) is 10.9 Å². The van der Waals surface area contributed by atoms with E-state index in [1.807, 2.05) is 18.2 Å². The quantitative estimate of drug-likeness (QED) is 0.631. The fourth-order valence-corrected chi connectivity index (χ4v) is 1.33. The maximum atomic E-state index is 5.96. The summed E-state index contributed by atoms with van der Waals surface area (Å²) in [7, 11) is 0. The first kappa shape index (κ1) is 7.17. The van der Waals surface area contributed by atoms with Crippen LogP contribution in [0.25, 0.3) is 0 Å². The van der Waals surface area contributed by atoms with Gasteiger partial charge in [-0.2, -0.15) is 0 Å². The summed E-state index contributed by atoms with van der Waals surface area (Å²) in [6.07, 6.45) is 4.94. The van der Waals surface area contributed by atoms with Gasteiger partial charge in [0.2, 0.25) is 0 Å². The Morgan fingerprint density at radius 3 is 2.64 bits per heavy atom. The Morgan fingerprint density at radius 2 is 2.00 bits per heavy atom. The topological polar surface area (TPSA) is 0 Å². The maximum absolute atomic E-state index is 5.96. The van der Waals surface area contributed by atoms with Gasteiger partial charge >= 0.3 is 0 Å².